The molecule has 6 heteroatoms. The van der Waals surface area contributed by atoms with E-state index >= 15 is 0 Å². The molecule has 0 aromatic heterocycles. The molecule has 1 aromatic carbocycles. The topological polar surface area (TPSA) is 95.5 Å². The number of imide groups is 1. The van der Waals surface area contributed by atoms with Crippen LogP contribution in [0.5, 0.6) is 0 Å². The normalized spacial score (nSPS) is 23.2. The fourth-order valence-electron chi connectivity index (χ4n) is 3.50. The highest BCUT2D eigenvalue weighted by Crippen LogP contribution is 2.43. The Morgan fingerprint density at radius 3 is 2.23 bits per heavy atom. The van der Waals surface area contributed by atoms with Crippen LogP contribution in [0.2, 0.25) is 0 Å². The number of amides is 2. The van der Waals surface area contributed by atoms with Crippen molar-refractivity contribution in [3.8, 4) is 0 Å². The number of carbonyl (C=O) groups is 3. The van der Waals surface area contributed by atoms with Crippen molar-refractivity contribution in [1.29, 1.82) is 0 Å². The van der Waals surface area contributed by atoms with Crippen LogP contribution in [0.3, 0.4) is 0 Å². The number of nitrogens with one attached hydrogen (secondary N) is 2. The van der Waals surface area contributed by atoms with Gasteiger partial charge in [0.1, 0.15) is 0 Å². The van der Waals surface area contributed by atoms with E-state index in [4.69, 9.17) is 9.90 Å². The van der Waals surface area contributed by atoms with E-state index in [2.05, 4.69) is 10.6 Å². The Morgan fingerprint density at radius 1 is 1.14 bits per heavy atom. The molecule has 1 aromatic rings. The number of hydrogen-bond donors (Lipinski definition) is 3. The van der Waals surface area contributed by atoms with E-state index < -0.39 is 0 Å². The highest BCUT2D eigenvalue weighted by molar-refractivity contribution is 5.99. The van der Waals surface area contributed by atoms with Gasteiger partial charge in [0.2, 0.25) is 11.8 Å². The summed E-state index contributed by atoms with van der Waals surface area (Å²) in [6, 6.07) is 10.0. The molecule has 118 valence electrons. The monoisotopic (exact) mass is 304 g/mol. The molecule has 2 fully saturated rings. The van der Waals surface area contributed by atoms with Crippen LogP contribution in [0, 0.1) is 5.92 Å². The second-order valence-electron chi connectivity index (χ2n) is 5.64. The molecule has 1 atom stereocenters. The van der Waals surface area contributed by atoms with Crippen LogP contribution in [-0.4, -0.2) is 36.5 Å². The zero-order valence-electron chi connectivity index (χ0n) is 12.2. The largest absolute Gasteiger partial charge is 0.483 e. The van der Waals surface area contributed by atoms with Gasteiger partial charge in [0.05, 0.1) is 0 Å². The van der Waals surface area contributed by atoms with Crippen molar-refractivity contribution >= 4 is 18.3 Å². The van der Waals surface area contributed by atoms with Gasteiger partial charge in [-0.25, -0.2) is 0 Å². The third-order valence-electron chi connectivity index (χ3n) is 4.42. The van der Waals surface area contributed by atoms with Crippen molar-refractivity contribution in [2.45, 2.75) is 24.7 Å². The molecule has 0 radical (unpaired) electrons. The van der Waals surface area contributed by atoms with Gasteiger partial charge >= 0.3 is 0 Å². The Bertz CT molecular complexity index is 522. The minimum absolute atomic E-state index is 0.146. The van der Waals surface area contributed by atoms with E-state index in [0.29, 0.717) is 18.8 Å². The highest BCUT2D eigenvalue weighted by atomic mass is 16.3. The SMILES string of the molecule is O=C1CC(c2ccccc2)([C@H]2CCNC2)CC(=O)N1.O=CO. The summed E-state index contributed by atoms with van der Waals surface area (Å²) in [6.07, 6.45) is 1.85. The summed E-state index contributed by atoms with van der Waals surface area (Å²) in [6.45, 7) is 1.60. The lowest BCUT2D eigenvalue weighted by Gasteiger charge is -2.41. The van der Waals surface area contributed by atoms with Crippen molar-refractivity contribution in [3.05, 3.63) is 35.9 Å². The van der Waals surface area contributed by atoms with E-state index in [0.717, 1.165) is 25.1 Å². The molecule has 3 N–H and O–H groups in total. The lowest BCUT2D eigenvalue weighted by Crippen LogP contribution is -2.51. The van der Waals surface area contributed by atoms with Crippen molar-refractivity contribution in [2.24, 2.45) is 5.92 Å². The number of carboxylic acid groups (broad SMARTS) is 1. The lowest BCUT2D eigenvalue weighted by molar-refractivity contribution is -0.136. The maximum absolute atomic E-state index is 11.9. The first-order valence-corrected chi connectivity index (χ1v) is 7.29. The van der Waals surface area contributed by atoms with Crippen LogP contribution in [-0.2, 0) is 19.8 Å². The van der Waals surface area contributed by atoms with Crippen LogP contribution < -0.4 is 10.6 Å². The van der Waals surface area contributed by atoms with E-state index in [1.807, 2.05) is 30.3 Å². The number of carbonyl (C=O) groups excluding carboxylic acids is 2. The summed E-state index contributed by atoms with van der Waals surface area (Å²) in [7, 11) is 0. The van der Waals surface area contributed by atoms with Gasteiger partial charge in [-0.15, -0.1) is 0 Å². The average molecular weight is 304 g/mol. The van der Waals surface area contributed by atoms with Crippen molar-refractivity contribution < 1.29 is 19.5 Å². The minimum atomic E-state index is -0.329. The Labute approximate surface area is 128 Å². The first-order valence-electron chi connectivity index (χ1n) is 7.29. The molecular formula is C16H20N2O4. The summed E-state index contributed by atoms with van der Waals surface area (Å²) >= 11 is 0. The van der Waals surface area contributed by atoms with Gasteiger partial charge in [-0.1, -0.05) is 30.3 Å². The van der Waals surface area contributed by atoms with Crippen LogP contribution in [0.25, 0.3) is 0 Å². The van der Waals surface area contributed by atoms with Crippen LogP contribution >= 0.6 is 0 Å². The van der Waals surface area contributed by atoms with Gasteiger partial charge in [-0.05, 0) is 31.0 Å². The molecule has 0 bridgehead atoms. The molecule has 2 saturated heterocycles. The average Bonchev–Trinajstić information content (AvgIpc) is 3.02. The quantitative estimate of drug-likeness (QED) is 0.551. The summed E-state index contributed by atoms with van der Waals surface area (Å²) in [5, 5.41) is 12.7. The predicted octanol–water partition coefficient (Wildman–Crippen LogP) is 0.671. The Hall–Kier alpha value is -2.21. The highest BCUT2D eigenvalue weighted by Gasteiger charge is 2.47. The fraction of sp³-hybridized carbons (Fsp3) is 0.438. The molecule has 2 amide bonds. The van der Waals surface area contributed by atoms with E-state index in [1.54, 1.807) is 0 Å². The molecule has 0 aliphatic carbocycles. The Kier molecular flexibility index (Phi) is 5.27. The van der Waals surface area contributed by atoms with Gasteiger partial charge in [-0.2, -0.15) is 0 Å². The van der Waals surface area contributed by atoms with Gasteiger partial charge in [0.15, 0.2) is 0 Å². The zero-order valence-corrected chi connectivity index (χ0v) is 12.2. The minimum Gasteiger partial charge on any atom is -0.483 e. The Balaban J connectivity index is 0.000000545. The molecule has 22 heavy (non-hydrogen) atoms. The molecule has 0 saturated carbocycles. The van der Waals surface area contributed by atoms with Gasteiger partial charge in [0.25, 0.3) is 6.47 Å². The number of benzene rings is 1. The molecule has 2 aliphatic heterocycles. The molecule has 6 nitrogen and oxygen atoms in total. The van der Waals surface area contributed by atoms with Gasteiger partial charge < -0.3 is 10.4 Å². The van der Waals surface area contributed by atoms with E-state index in [1.165, 1.54) is 0 Å². The standard InChI is InChI=1S/C15H18N2O2.CH2O2/c18-13-8-15(9-14(19)17-13,12-6-7-16-10-12)11-4-2-1-3-5-11;2-1-3/h1-5,12,16H,6-10H2,(H,17,18,19);1H,(H,2,3)/t12-;/m0./s1. The van der Waals surface area contributed by atoms with Gasteiger partial charge in [0, 0.05) is 18.3 Å². The maximum atomic E-state index is 11.9. The number of piperidine rings is 1. The molecule has 0 spiro atoms. The second kappa shape index (κ2) is 7.17. The molecule has 3 rings (SSSR count). The Morgan fingerprint density at radius 2 is 1.73 bits per heavy atom. The number of rotatable bonds is 2. The third kappa shape index (κ3) is 3.33. The molecule has 0 unspecified atom stereocenters. The van der Waals surface area contributed by atoms with Crippen molar-refractivity contribution in [1.82, 2.24) is 10.6 Å². The molecule has 2 heterocycles. The number of hydrogen-bond acceptors (Lipinski definition) is 4. The lowest BCUT2D eigenvalue weighted by atomic mass is 9.64. The fourth-order valence-corrected chi connectivity index (χ4v) is 3.50. The molecule has 2 aliphatic rings. The summed E-state index contributed by atoms with van der Waals surface area (Å²) < 4.78 is 0. The van der Waals surface area contributed by atoms with E-state index in [9.17, 15) is 9.59 Å². The van der Waals surface area contributed by atoms with Crippen molar-refractivity contribution in [3.63, 3.8) is 0 Å². The maximum Gasteiger partial charge on any atom is 0.290 e. The predicted molar refractivity (Wildman–Crippen MR) is 80.2 cm³/mol. The molecular weight excluding hydrogens is 284 g/mol. The van der Waals surface area contributed by atoms with Crippen LogP contribution in [0.4, 0.5) is 0 Å². The second-order valence-corrected chi connectivity index (χ2v) is 5.64. The summed E-state index contributed by atoms with van der Waals surface area (Å²) in [5.41, 5.74) is 0.788. The smallest absolute Gasteiger partial charge is 0.290 e. The summed E-state index contributed by atoms with van der Waals surface area (Å²) in [4.78, 5) is 32.1. The zero-order chi connectivity index (χ0) is 16.0. The van der Waals surface area contributed by atoms with Crippen LogP contribution in [0.15, 0.2) is 30.3 Å². The van der Waals surface area contributed by atoms with Crippen molar-refractivity contribution in [2.75, 3.05) is 13.1 Å². The van der Waals surface area contributed by atoms with E-state index in [-0.39, 0.29) is 23.7 Å². The van der Waals surface area contributed by atoms with Gasteiger partial charge in [-0.3, -0.25) is 19.7 Å². The third-order valence-corrected chi connectivity index (χ3v) is 4.42. The first-order chi connectivity index (χ1) is 10.6. The first kappa shape index (κ1) is 16.2. The van der Waals surface area contributed by atoms with Crippen LogP contribution in [0.1, 0.15) is 24.8 Å². The summed E-state index contributed by atoms with van der Waals surface area (Å²) in [5.74, 6) is 0.0592.